The van der Waals surface area contributed by atoms with Crippen molar-refractivity contribution in [2.75, 3.05) is 17.7 Å². The largest absolute Gasteiger partial charge is 0.381 e. The molecule has 2 rings (SSSR count). The molecule has 0 radical (unpaired) electrons. The topological polar surface area (TPSA) is 55.0 Å². The maximum absolute atomic E-state index is 13.6. The molecule has 0 aliphatic carbocycles. The van der Waals surface area contributed by atoms with E-state index >= 15 is 0 Å². The molecule has 0 bridgehead atoms. The molecule has 2 aromatic heterocycles. The SMILES string of the molecule is Cc1cccc(CN(C)c2nc(N)c(F)cc2F)n1. The van der Waals surface area contributed by atoms with Crippen LogP contribution in [0.3, 0.4) is 0 Å². The minimum atomic E-state index is -0.858. The standard InChI is InChI=1S/C13H14F2N4/c1-8-4-3-5-9(17-8)7-19(2)13-11(15)6-10(14)12(16)18-13/h3-6H,7H2,1-2H3,(H2,16,18). The molecule has 4 nitrogen and oxygen atoms in total. The number of aromatic nitrogens is 2. The molecule has 0 fully saturated rings. The highest BCUT2D eigenvalue weighted by Crippen LogP contribution is 2.20. The fourth-order valence-electron chi connectivity index (χ4n) is 1.74. The highest BCUT2D eigenvalue weighted by atomic mass is 19.1. The van der Waals surface area contributed by atoms with Gasteiger partial charge in [-0.05, 0) is 19.1 Å². The Kier molecular flexibility index (Phi) is 3.59. The van der Waals surface area contributed by atoms with Crippen molar-refractivity contribution in [1.29, 1.82) is 0 Å². The van der Waals surface area contributed by atoms with Gasteiger partial charge in [0, 0.05) is 18.8 Å². The van der Waals surface area contributed by atoms with Gasteiger partial charge in [0.25, 0.3) is 0 Å². The summed E-state index contributed by atoms with van der Waals surface area (Å²) in [5, 5.41) is 0. The first-order valence-corrected chi connectivity index (χ1v) is 5.72. The molecular weight excluding hydrogens is 250 g/mol. The molecule has 0 aromatic carbocycles. The Labute approximate surface area is 109 Å². The average molecular weight is 264 g/mol. The van der Waals surface area contributed by atoms with Crippen LogP contribution in [0, 0.1) is 18.6 Å². The molecule has 0 atom stereocenters. The Morgan fingerprint density at radius 3 is 2.63 bits per heavy atom. The summed E-state index contributed by atoms with van der Waals surface area (Å²) in [6.45, 7) is 2.23. The van der Waals surface area contributed by atoms with Crippen LogP contribution in [0.15, 0.2) is 24.3 Å². The number of halogens is 2. The first-order chi connectivity index (χ1) is 8.97. The number of hydrogen-bond acceptors (Lipinski definition) is 4. The van der Waals surface area contributed by atoms with E-state index in [9.17, 15) is 8.78 Å². The third-order valence-electron chi connectivity index (χ3n) is 2.64. The van der Waals surface area contributed by atoms with Gasteiger partial charge in [0.15, 0.2) is 23.3 Å². The number of nitrogens with zero attached hydrogens (tertiary/aromatic N) is 3. The van der Waals surface area contributed by atoms with E-state index < -0.39 is 11.6 Å². The minimum Gasteiger partial charge on any atom is -0.381 e. The lowest BCUT2D eigenvalue weighted by molar-refractivity contribution is 0.573. The van der Waals surface area contributed by atoms with Crippen molar-refractivity contribution in [2.45, 2.75) is 13.5 Å². The molecular formula is C13H14F2N4. The van der Waals surface area contributed by atoms with Crippen molar-refractivity contribution in [3.63, 3.8) is 0 Å². The third kappa shape index (κ3) is 2.96. The zero-order valence-corrected chi connectivity index (χ0v) is 10.7. The Morgan fingerprint density at radius 2 is 1.95 bits per heavy atom. The van der Waals surface area contributed by atoms with Gasteiger partial charge in [-0.2, -0.15) is 0 Å². The maximum atomic E-state index is 13.6. The predicted octanol–water partition coefficient (Wildman–Crippen LogP) is 2.28. The summed E-state index contributed by atoms with van der Waals surface area (Å²) < 4.78 is 26.7. The Morgan fingerprint density at radius 1 is 1.21 bits per heavy atom. The second kappa shape index (κ2) is 5.17. The van der Waals surface area contributed by atoms with Crippen LogP contribution < -0.4 is 10.6 Å². The van der Waals surface area contributed by atoms with Crippen LogP contribution in [-0.4, -0.2) is 17.0 Å². The molecule has 2 N–H and O–H groups in total. The van der Waals surface area contributed by atoms with E-state index in [4.69, 9.17) is 5.73 Å². The number of hydrogen-bond donors (Lipinski definition) is 1. The molecule has 0 aliphatic heterocycles. The summed E-state index contributed by atoms with van der Waals surface area (Å²) in [7, 11) is 1.65. The molecule has 2 aromatic rings. The van der Waals surface area contributed by atoms with Gasteiger partial charge in [-0.3, -0.25) is 4.98 Å². The van der Waals surface area contributed by atoms with Crippen LogP contribution >= 0.6 is 0 Å². The Bertz CT molecular complexity index is 601. The maximum Gasteiger partial charge on any atom is 0.168 e. The van der Waals surface area contributed by atoms with E-state index in [0.717, 1.165) is 17.5 Å². The van der Waals surface area contributed by atoms with Crippen molar-refractivity contribution in [3.8, 4) is 0 Å². The van der Waals surface area contributed by atoms with Gasteiger partial charge in [-0.1, -0.05) is 6.07 Å². The molecule has 19 heavy (non-hydrogen) atoms. The van der Waals surface area contributed by atoms with Crippen molar-refractivity contribution >= 4 is 11.6 Å². The van der Waals surface area contributed by atoms with Crippen molar-refractivity contribution in [2.24, 2.45) is 0 Å². The number of rotatable bonds is 3. The van der Waals surface area contributed by atoms with Crippen molar-refractivity contribution in [3.05, 3.63) is 47.3 Å². The van der Waals surface area contributed by atoms with Gasteiger partial charge in [0.1, 0.15) is 0 Å². The van der Waals surface area contributed by atoms with Crippen molar-refractivity contribution < 1.29 is 8.78 Å². The summed E-state index contributed by atoms with van der Waals surface area (Å²) in [6, 6.07) is 6.30. The van der Waals surface area contributed by atoms with Gasteiger partial charge in [0.05, 0.1) is 12.2 Å². The van der Waals surface area contributed by atoms with Crippen LogP contribution in [0.5, 0.6) is 0 Å². The molecule has 100 valence electrons. The van der Waals surface area contributed by atoms with Gasteiger partial charge in [-0.15, -0.1) is 0 Å². The van der Waals surface area contributed by atoms with Gasteiger partial charge >= 0.3 is 0 Å². The number of nitrogen functional groups attached to an aromatic ring is 1. The number of aryl methyl sites for hydroxylation is 1. The Hall–Kier alpha value is -2.24. The zero-order valence-electron chi connectivity index (χ0n) is 10.7. The summed E-state index contributed by atoms with van der Waals surface area (Å²) in [5.41, 5.74) is 6.99. The minimum absolute atomic E-state index is 0.00204. The molecule has 0 saturated heterocycles. The van der Waals surface area contributed by atoms with E-state index in [1.807, 2.05) is 25.1 Å². The Balaban J connectivity index is 2.25. The smallest absolute Gasteiger partial charge is 0.168 e. The molecule has 6 heteroatoms. The molecule has 0 amide bonds. The highest BCUT2D eigenvalue weighted by Gasteiger charge is 2.14. The average Bonchev–Trinajstić information content (AvgIpc) is 2.33. The fraction of sp³-hybridized carbons (Fsp3) is 0.231. The van der Waals surface area contributed by atoms with E-state index in [0.29, 0.717) is 6.54 Å². The monoisotopic (exact) mass is 264 g/mol. The number of nitrogens with two attached hydrogens (primary N) is 1. The predicted molar refractivity (Wildman–Crippen MR) is 69.6 cm³/mol. The lowest BCUT2D eigenvalue weighted by Gasteiger charge is -2.18. The number of anilines is 2. The van der Waals surface area contributed by atoms with Crippen molar-refractivity contribution in [1.82, 2.24) is 9.97 Å². The van der Waals surface area contributed by atoms with Crippen LogP contribution in [0.4, 0.5) is 20.4 Å². The third-order valence-corrected chi connectivity index (χ3v) is 2.64. The molecule has 0 aliphatic rings. The van der Waals surface area contributed by atoms with Crippen LogP contribution in [0.2, 0.25) is 0 Å². The second-order valence-corrected chi connectivity index (χ2v) is 4.29. The fourth-order valence-corrected chi connectivity index (χ4v) is 1.74. The summed E-state index contributed by atoms with van der Waals surface area (Å²) >= 11 is 0. The van der Waals surface area contributed by atoms with Gasteiger partial charge < -0.3 is 10.6 Å². The first-order valence-electron chi connectivity index (χ1n) is 5.72. The normalized spacial score (nSPS) is 10.5. The second-order valence-electron chi connectivity index (χ2n) is 4.29. The number of pyridine rings is 2. The van der Waals surface area contributed by atoms with Gasteiger partial charge in [-0.25, -0.2) is 13.8 Å². The summed E-state index contributed by atoms with van der Waals surface area (Å²) in [6.07, 6.45) is 0. The summed E-state index contributed by atoms with van der Waals surface area (Å²) in [5.74, 6) is -1.92. The zero-order chi connectivity index (χ0) is 14.0. The lowest BCUT2D eigenvalue weighted by atomic mass is 10.3. The van der Waals surface area contributed by atoms with E-state index in [1.165, 1.54) is 4.90 Å². The highest BCUT2D eigenvalue weighted by molar-refractivity contribution is 5.46. The van der Waals surface area contributed by atoms with Crippen LogP contribution in [-0.2, 0) is 6.54 Å². The molecule has 0 spiro atoms. The van der Waals surface area contributed by atoms with E-state index in [1.54, 1.807) is 7.05 Å². The van der Waals surface area contributed by atoms with Crippen LogP contribution in [0.25, 0.3) is 0 Å². The van der Waals surface area contributed by atoms with Crippen LogP contribution in [0.1, 0.15) is 11.4 Å². The van der Waals surface area contributed by atoms with Gasteiger partial charge in [0.2, 0.25) is 0 Å². The quantitative estimate of drug-likeness (QED) is 0.924. The molecule has 2 heterocycles. The van der Waals surface area contributed by atoms with E-state index in [2.05, 4.69) is 9.97 Å². The van der Waals surface area contributed by atoms with E-state index in [-0.39, 0.29) is 11.6 Å². The first kappa shape index (κ1) is 13.2. The lowest BCUT2D eigenvalue weighted by Crippen LogP contribution is -2.20. The summed E-state index contributed by atoms with van der Waals surface area (Å²) in [4.78, 5) is 9.56. The molecule has 0 unspecified atom stereocenters. The molecule has 0 saturated carbocycles.